The van der Waals surface area contributed by atoms with E-state index >= 15 is 0 Å². The van der Waals surface area contributed by atoms with Crippen LogP contribution >= 0.6 is 27.7 Å². The topological polar surface area (TPSA) is 93.6 Å². The summed E-state index contributed by atoms with van der Waals surface area (Å²) in [6, 6.07) is -1.26. The highest BCUT2D eigenvalue weighted by atomic mass is 79.9. The molecule has 2 bridgehead atoms. The molecular formula is C29H45BrN4O5S. The third-order valence-electron chi connectivity index (χ3n) is 8.82. The smallest absolute Gasteiger partial charge is 0.247 e. The van der Waals surface area contributed by atoms with Crippen LogP contribution in [-0.2, 0) is 19.1 Å². The first-order valence-corrected chi connectivity index (χ1v) is 16.2. The molecule has 0 radical (unpaired) electrons. The fourth-order valence-corrected chi connectivity index (χ4v) is 10.7. The van der Waals surface area contributed by atoms with Crippen molar-refractivity contribution in [3.8, 4) is 0 Å². The highest BCUT2D eigenvalue weighted by Gasteiger charge is 2.76. The number of fused-ring (bicyclic) bond motifs is 1. The van der Waals surface area contributed by atoms with Gasteiger partial charge in [0.05, 0.1) is 42.4 Å². The van der Waals surface area contributed by atoms with Crippen LogP contribution in [0.4, 0.5) is 0 Å². The number of likely N-dealkylation sites (tertiary alicyclic amines) is 1. The molecule has 7 atom stereocenters. The first kappa shape index (κ1) is 31.5. The lowest BCUT2D eigenvalue weighted by molar-refractivity contribution is -0.147. The molecule has 11 heteroatoms. The number of halogens is 1. The summed E-state index contributed by atoms with van der Waals surface area (Å²) in [6.45, 7) is 16.5. The van der Waals surface area contributed by atoms with E-state index in [1.807, 2.05) is 4.90 Å². The number of alkyl halides is 1. The van der Waals surface area contributed by atoms with E-state index in [4.69, 9.17) is 4.74 Å². The highest BCUT2D eigenvalue weighted by molar-refractivity contribution is 9.09. The minimum atomic E-state index is -0.761. The zero-order valence-corrected chi connectivity index (χ0v) is 26.4. The van der Waals surface area contributed by atoms with Crippen LogP contribution in [-0.4, -0.2) is 135 Å². The van der Waals surface area contributed by atoms with E-state index in [1.54, 1.807) is 40.8 Å². The van der Waals surface area contributed by atoms with Crippen molar-refractivity contribution < 1.29 is 24.2 Å². The molecule has 40 heavy (non-hydrogen) atoms. The normalized spacial score (nSPS) is 32.3. The van der Waals surface area contributed by atoms with Crippen molar-refractivity contribution in [2.45, 2.75) is 53.6 Å². The Balaban J connectivity index is 1.72. The van der Waals surface area contributed by atoms with Crippen molar-refractivity contribution in [2.75, 3.05) is 66.1 Å². The van der Waals surface area contributed by atoms with Gasteiger partial charge in [0.15, 0.2) is 0 Å². The van der Waals surface area contributed by atoms with Gasteiger partial charge in [0.1, 0.15) is 6.04 Å². The summed E-state index contributed by atoms with van der Waals surface area (Å²) in [7, 11) is 1.74. The van der Waals surface area contributed by atoms with Crippen LogP contribution in [0.1, 0.15) is 26.7 Å². The van der Waals surface area contributed by atoms with E-state index in [9.17, 15) is 19.5 Å². The number of nitrogens with zero attached hydrogens (tertiary/aromatic N) is 4. The molecule has 0 aromatic rings. The fourth-order valence-electron chi connectivity index (χ4n) is 7.09. The summed E-state index contributed by atoms with van der Waals surface area (Å²) in [5, 5.41) is 10.4. The molecule has 3 amide bonds. The molecule has 224 valence electrons. The Kier molecular flexibility index (Phi) is 10.5. The summed E-state index contributed by atoms with van der Waals surface area (Å²) in [5.74, 6) is -1.32. The number of rotatable bonds is 13. The Labute approximate surface area is 251 Å². The minimum absolute atomic E-state index is 0.00163. The predicted molar refractivity (Wildman–Crippen MR) is 161 cm³/mol. The largest absolute Gasteiger partial charge is 0.394 e. The van der Waals surface area contributed by atoms with Gasteiger partial charge in [-0.05, 0) is 18.8 Å². The maximum absolute atomic E-state index is 14.6. The second-order valence-electron chi connectivity index (χ2n) is 11.9. The third-order valence-corrected chi connectivity index (χ3v) is 12.0. The maximum atomic E-state index is 14.6. The lowest BCUT2D eigenvalue weighted by atomic mass is 9.70. The second-order valence-corrected chi connectivity index (χ2v) is 14.6. The first-order valence-electron chi connectivity index (χ1n) is 14.4. The van der Waals surface area contributed by atoms with Gasteiger partial charge in [0.2, 0.25) is 17.7 Å². The maximum Gasteiger partial charge on any atom is 0.247 e. The molecule has 0 saturated carbocycles. The number of ether oxygens (including phenoxy) is 1. The summed E-state index contributed by atoms with van der Waals surface area (Å²) < 4.78 is 4.74. The first-order chi connectivity index (χ1) is 19.1. The molecule has 0 aromatic heterocycles. The number of hydrogen-bond donors (Lipinski definition) is 1. The molecule has 9 nitrogen and oxygen atoms in total. The van der Waals surface area contributed by atoms with Crippen molar-refractivity contribution in [1.82, 2.24) is 19.6 Å². The Morgan fingerprint density at radius 1 is 1.23 bits per heavy atom. The monoisotopic (exact) mass is 640 g/mol. The van der Waals surface area contributed by atoms with Crippen molar-refractivity contribution in [2.24, 2.45) is 17.8 Å². The van der Waals surface area contributed by atoms with Crippen LogP contribution in [0.3, 0.4) is 0 Å². The van der Waals surface area contributed by atoms with Gasteiger partial charge < -0.3 is 24.5 Å². The van der Waals surface area contributed by atoms with Crippen LogP contribution in [0.2, 0.25) is 0 Å². The van der Waals surface area contributed by atoms with Crippen molar-refractivity contribution >= 4 is 45.4 Å². The molecule has 4 aliphatic heterocycles. The van der Waals surface area contributed by atoms with E-state index in [0.29, 0.717) is 52.2 Å². The van der Waals surface area contributed by atoms with Gasteiger partial charge in [0, 0.05) is 56.4 Å². The molecule has 4 saturated heterocycles. The molecule has 3 unspecified atom stereocenters. The molecule has 1 N–H and O–H groups in total. The van der Waals surface area contributed by atoms with Crippen molar-refractivity contribution in [1.29, 1.82) is 0 Å². The Bertz CT molecular complexity index is 978. The molecule has 4 rings (SSSR count). The highest BCUT2D eigenvalue weighted by Crippen LogP contribution is 2.68. The predicted octanol–water partition coefficient (Wildman–Crippen LogP) is 1.85. The van der Waals surface area contributed by atoms with Crippen LogP contribution in [0.15, 0.2) is 25.3 Å². The van der Waals surface area contributed by atoms with Gasteiger partial charge in [-0.1, -0.05) is 41.9 Å². The average molecular weight is 642 g/mol. The number of hydrogen-bond acceptors (Lipinski definition) is 7. The Morgan fingerprint density at radius 2 is 1.90 bits per heavy atom. The average Bonchev–Trinajstić information content (AvgIpc) is 3.52. The third kappa shape index (κ3) is 5.78. The van der Waals surface area contributed by atoms with Crippen molar-refractivity contribution in [3.05, 3.63) is 25.3 Å². The summed E-state index contributed by atoms with van der Waals surface area (Å²) in [6.07, 6.45) is 4.60. The van der Waals surface area contributed by atoms with E-state index < -0.39 is 28.7 Å². The van der Waals surface area contributed by atoms with Crippen LogP contribution in [0, 0.1) is 17.8 Å². The Morgan fingerprint density at radius 3 is 2.50 bits per heavy atom. The number of aliphatic hydroxyl groups is 1. The number of aliphatic hydroxyl groups excluding tert-OH is 1. The summed E-state index contributed by atoms with van der Waals surface area (Å²) in [5.41, 5.74) is 0. The standard InChI is InChI=1S/C29H45BrN4O5S/c1-6-8-31(5)26(36)22-23-27(37)34(20(18-35)16-19(3)4)25(29(23)17-21(30)24(22)40-29)28(38)33(9-7-2)11-10-32-12-14-39-15-13-32/h6-7,19-25,35H,1-2,8-18H2,3-5H3/t20-,21?,22+,23+,24+,25?,29?/m1/s1. The number of likely N-dealkylation sites (N-methyl/N-ethyl adjacent to an activating group) is 1. The molecule has 4 heterocycles. The van der Waals surface area contributed by atoms with Gasteiger partial charge in [0.25, 0.3) is 0 Å². The molecule has 4 aliphatic rings. The quantitative estimate of drug-likeness (QED) is 0.243. The van der Waals surface area contributed by atoms with Gasteiger partial charge in [-0.3, -0.25) is 19.3 Å². The zero-order valence-electron chi connectivity index (χ0n) is 24.0. The Hall–Kier alpha value is -1.40. The number of amides is 3. The van der Waals surface area contributed by atoms with E-state index in [0.717, 1.165) is 13.1 Å². The van der Waals surface area contributed by atoms with Gasteiger partial charge in [-0.2, -0.15) is 0 Å². The second kappa shape index (κ2) is 13.3. The number of thioether (sulfide) groups is 1. The SMILES string of the molecule is C=CCN(C)C(=O)[C@H]1[C@H]2C(=O)N([C@@H](CO)CC(C)C)C(C(=O)N(CC=C)CCN3CCOCC3)C23CC(Br)[C@@H]1S3. The molecular weight excluding hydrogens is 596 g/mol. The summed E-state index contributed by atoms with van der Waals surface area (Å²) in [4.78, 5) is 50.3. The molecule has 4 fully saturated rings. The van der Waals surface area contributed by atoms with Gasteiger partial charge >= 0.3 is 0 Å². The zero-order chi connectivity index (χ0) is 29.2. The van der Waals surface area contributed by atoms with E-state index in [-0.39, 0.29) is 40.3 Å². The van der Waals surface area contributed by atoms with Crippen LogP contribution in [0.5, 0.6) is 0 Å². The van der Waals surface area contributed by atoms with Crippen LogP contribution < -0.4 is 0 Å². The van der Waals surface area contributed by atoms with E-state index in [2.05, 4.69) is 47.8 Å². The van der Waals surface area contributed by atoms with Crippen LogP contribution in [0.25, 0.3) is 0 Å². The molecule has 1 spiro atoms. The lowest BCUT2D eigenvalue weighted by Crippen LogP contribution is -2.58. The molecule has 0 aromatic carbocycles. The summed E-state index contributed by atoms with van der Waals surface area (Å²) >= 11 is 5.47. The fraction of sp³-hybridized carbons (Fsp3) is 0.759. The van der Waals surface area contributed by atoms with Gasteiger partial charge in [-0.15, -0.1) is 24.9 Å². The van der Waals surface area contributed by atoms with Gasteiger partial charge in [-0.25, -0.2) is 0 Å². The van der Waals surface area contributed by atoms with E-state index in [1.165, 1.54) is 0 Å². The number of carbonyl (C=O) groups excluding carboxylic acids is 3. The minimum Gasteiger partial charge on any atom is -0.394 e. The van der Waals surface area contributed by atoms with Crippen molar-refractivity contribution in [3.63, 3.8) is 0 Å². The number of carbonyl (C=O) groups is 3. The number of morpholine rings is 1. The molecule has 0 aliphatic carbocycles. The lowest BCUT2D eigenvalue weighted by Gasteiger charge is -2.40.